The highest BCUT2D eigenvalue weighted by molar-refractivity contribution is 6.39. The number of nitrogens with zero attached hydrogens (tertiary/aromatic N) is 1. The van der Waals surface area contributed by atoms with Crippen LogP contribution < -0.4 is 0 Å². The Morgan fingerprint density at radius 3 is 2.36 bits per heavy atom. The Balaban J connectivity index is 1.34. The second-order valence-corrected chi connectivity index (χ2v) is 21.7. The number of Topliss-reactive ketones (excluding diaryl/α,β-unsaturated/α-hetero) is 3. The minimum atomic E-state index is -2.49. The lowest BCUT2D eigenvalue weighted by Gasteiger charge is -2.50. The van der Waals surface area contributed by atoms with Crippen molar-refractivity contribution in [2.24, 2.45) is 41.4 Å². The van der Waals surface area contributed by atoms with Crippen molar-refractivity contribution in [1.29, 1.82) is 0 Å². The zero-order chi connectivity index (χ0) is 53.0. The molecule has 0 radical (unpaired) electrons. The maximum Gasteiger partial charge on any atom is 0.329 e. The number of ketones is 3. The average molecular weight is 1030 g/mol. The Morgan fingerprint density at radius 2 is 1.64 bits per heavy atom. The highest BCUT2D eigenvalue weighted by Gasteiger charge is 2.57. The normalized spacial score (nSPS) is 41.6. The first-order valence-corrected chi connectivity index (χ1v) is 26.9. The zero-order valence-electron chi connectivity index (χ0n) is 44.5. The molecule has 17 heteroatoms. The SMILES string of the molecule is CO[C@@H]1C[C@H](CC2[C@H]3CCCN4C(=O)C(=O)[C@]5(O)O[C@@H](CC[C@H]5C)C[C@@H](OC[C@@H]5COCCO5)/C(C)=C/C=C/C=C/[C@@H](C)C[C@@H](C)C(=O)[C@H](OC)[C@H](O)/C(C)=C/[C@@H](C)C(=O)C[C@@H]2OC(=O)C34)CC[C@H]1OCCO. The summed E-state index contributed by atoms with van der Waals surface area (Å²) in [5.41, 5.74) is 1.24. The molecule has 1 aliphatic carbocycles. The predicted molar refractivity (Wildman–Crippen MR) is 269 cm³/mol. The number of allylic oxidation sites excluding steroid dienone is 6. The Kier molecular flexibility index (Phi) is 22.2. The van der Waals surface area contributed by atoms with Gasteiger partial charge in [0.2, 0.25) is 5.79 Å². The number of piperidine rings is 1. The van der Waals surface area contributed by atoms with Crippen molar-refractivity contribution in [2.45, 2.75) is 173 Å². The molecular weight excluding hydrogens is 943 g/mol. The van der Waals surface area contributed by atoms with E-state index in [1.165, 1.54) is 12.0 Å². The molecule has 0 aromatic carbocycles. The summed E-state index contributed by atoms with van der Waals surface area (Å²) in [6.45, 7) is 12.5. The molecule has 0 spiro atoms. The molecule has 17 atom stereocenters. The van der Waals surface area contributed by atoms with Gasteiger partial charge < -0.3 is 58.1 Å². The van der Waals surface area contributed by atoms with E-state index in [2.05, 4.69) is 0 Å². The number of aliphatic hydroxyl groups is 3. The fraction of sp³-hybridized carbons (Fsp3) is 0.768. The van der Waals surface area contributed by atoms with Crippen LogP contribution in [0.2, 0.25) is 0 Å². The number of fused-ring (bicyclic) bond motifs is 4. The third-order valence-corrected chi connectivity index (χ3v) is 16.4. The van der Waals surface area contributed by atoms with Gasteiger partial charge in [0.15, 0.2) is 5.78 Å². The van der Waals surface area contributed by atoms with Crippen molar-refractivity contribution < 1.29 is 77.2 Å². The molecule has 73 heavy (non-hydrogen) atoms. The van der Waals surface area contributed by atoms with Gasteiger partial charge in [0, 0.05) is 57.3 Å². The van der Waals surface area contributed by atoms with Crippen molar-refractivity contribution in [1.82, 2.24) is 4.90 Å². The van der Waals surface area contributed by atoms with E-state index in [9.17, 15) is 39.3 Å². The Morgan fingerprint density at radius 1 is 0.863 bits per heavy atom. The standard InChI is InChI=1S/C56H85NO16/c1-33-13-10-9-11-14-34(2)46(71-32-41-31-68-23-24-69-41)29-40-18-16-38(6)56(65,73-40)53(62)54(63)57-20-12-15-42-43(27-39-17-19-45(70-22-21-58)48(28-39)66-7)47(72-55(64)49(42)57)30-44(59)35(3)26-37(5)51(61)52(67-8)50(60)36(4)25-33/h9-11,13-14,26,33,35-36,38-43,45-49,51-52,58,61,65H,12,15-25,27-32H2,1-8H3/b11-9+,13-10+,34-14+,37-26+/t33-,35-,36-,38-,39+,40+,41+,42-,43?,45-,46-,47+,48-,49?,51-,52+,56-/m1/s1. The van der Waals surface area contributed by atoms with Crippen LogP contribution in [-0.4, -0.2) is 171 Å². The molecule has 2 unspecified atom stereocenters. The second kappa shape index (κ2) is 27.5. The highest BCUT2D eigenvalue weighted by atomic mass is 16.6. The molecule has 0 aromatic rings. The van der Waals surface area contributed by atoms with Crippen LogP contribution >= 0.6 is 0 Å². The molecule has 1 amide bonds. The molecule has 1 saturated carbocycles. The Hall–Kier alpha value is -3.49. The lowest BCUT2D eigenvalue weighted by atomic mass is 9.68. The van der Waals surface area contributed by atoms with Crippen LogP contribution in [0.5, 0.6) is 0 Å². The number of carbonyl (C=O) groups excluding carboxylic acids is 5. The highest BCUT2D eigenvalue weighted by Crippen LogP contribution is 2.45. The summed E-state index contributed by atoms with van der Waals surface area (Å²) in [5, 5.41) is 33.3. The van der Waals surface area contributed by atoms with Crippen LogP contribution in [0.1, 0.15) is 112 Å². The van der Waals surface area contributed by atoms with Gasteiger partial charge in [-0.05, 0) is 101 Å². The number of carbonyl (C=O) groups is 5. The molecule has 5 heterocycles. The van der Waals surface area contributed by atoms with Crippen molar-refractivity contribution in [3.63, 3.8) is 0 Å². The number of aliphatic hydroxyl groups excluding tert-OH is 2. The van der Waals surface area contributed by atoms with Crippen molar-refractivity contribution in [2.75, 3.05) is 60.4 Å². The number of methoxy groups -OCH3 is 2. The van der Waals surface area contributed by atoms with Gasteiger partial charge in [-0.25, -0.2) is 4.79 Å². The molecule has 6 aliphatic rings. The monoisotopic (exact) mass is 1030 g/mol. The fourth-order valence-corrected chi connectivity index (χ4v) is 12.1. The van der Waals surface area contributed by atoms with Crippen LogP contribution in [0, 0.1) is 41.4 Å². The summed E-state index contributed by atoms with van der Waals surface area (Å²) in [4.78, 5) is 73.2. The third-order valence-electron chi connectivity index (χ3n) is 16.4. The summed E-state index contributed by atoms with van der Waals surface area (Å²) in [5.74, 6) is -8.68. The van der Waals surface area contributed by atoms with Gasteiger partial charge in [-0.1, -0.05) is 64.2 Å². The van der Waals surface area contributed by atoms with Gasteiger partial charge in [-0.15, -0.1) is 0 Å². The molecule has 5 fully saturated rings. The van der Waals surface area contributed by atoms with Crippen molar-refractivity contribution in [3.8, 4) is 0 Å². The van der Waals surface area contributed by atoms with E-state index < -0.39 is 89.6 Å². The number of rotatable bonds is 10. The van der Waals surface area contributed by atoms with E-state index in [1.807, 2.05) is 51.2 Å². The van der Waals surface area contributed by atoms with E-state index in [4.69, 9.17) is 37.9 Å². The van der Waals surface area contributed by atoms with Gasteiger partial charge >= 0.3 is 5.97 Å². The number of esters is 1. The molecule has 5 aliphatic heterocycles. The smallest absolute Gasteiger partial charge is 0.329 e. The number of hydrogen-bond donors (Lipinski definition) is 3. The first-order valence-electron chi connectivity index (χ1n) is 26.9. The molecule has 410 valence electrons. The number of amides is 1. The quantitative estimate of drug-likeness (QED) is 0.145. The maximum absolute atomic E-state index is 14.7. The molecule has 4 bridgehead atoms. The number of ether oxygens (including phenoxy) is 8. The van der Waals surface area contributed by atoms with Crippen LogP contribution in [0.25, 0.3) is 0 Å². The van der Waals surface area contributed by atoms with Crippen molar-refractivity contribution >= 4 is 29.2 Å². The Labute approximate surface area is 432 Å². The van der Waals surface area contributed by atoms with Gasteiger partial charge in [0.25, 0.3) is 11.7 Å². The summed E-state index contributed by atoms with van der Waals surface area (Å²) in [6.07, 6.45) is 10.9. The third kappa shape index (κ3) is 14.9. The van der Waals surface area contributed by atoms with Gasteiger partial charge in [-0.2, -0.15) is 0 Å². The molecule has 6 rings (SSSR count). The lowest BCUT2D eigenvalue weighted by molar-refractivity contribution is -0.266. The van der Waals surface area contributed by atoms with Gasteiger partial charge in [-0.3, -0.25) is 19.2 Å². The molecule has 0 aromatic heterocycles. The summed E-state index contributed by atoms with van der Waals surface area (Å²) < 4.78 is 48.0. The largest absolute Gasteiger partial charge is 0.460 e. The van der Waals surface area contributed by atoms with Crippen LogP contribution in [-0.2, 0) is 61.9 Å². The van der Waals surface area contributed by atoms with Gasteiger partial charge in [0.05, 0.1) is 64.1 Å². The predicted octanol–water partition coefficient (Wildman–Crippen LogP) is 5.20. The minimum absolute atomic E-state index is 0.00625. The van der Waals surface area contributed by atoms with Gasteiger partial charge in [0.1, 0.15) is 36.2 Å². The topological polar surface area (TPSA) is 223 Å². The second-order valence-electron chi connectivity index (χ2n) is 21.7. The minimum Gasteiger partial charge on any atom is -0.460 e. The van der Waals surface area contributed by atoms with E-state index in [-0.39, 0.29) is 80.9 Å². The Bertz CT molecular complexity index is 2000. The molecule has 3 N–H and O–H groups in total. The van der Waals surface area contributed by atoms with Crippen molar-refractivity contribution in [3.05, 3.63) is 47.6 Å². The number of hydrogen-bond acceptors (Lipinski definition) is 16. The first kappa shape index (κ1) is 58.8. The van der Waals surface area contributed by atoms with E-state index in [1.54, 1.807) is 34.0 Å². The maximum atomic E-state index is 14.7. The van der Waals surface area contributed by atoms with Crippen LogP contribution in [0.4, 0.5) is 0 Å². The van der Waals surface area contributed by atoms with E-state index >= 15 is 0 Å². The molecule has 4 saturated heterocycles. The van der Waals surface area contributed by atoms with Crippen LogP contribution in [0.3, 0.4) is 0 Å². The molecular formula is C56H85NO16. The summed E-state index contributed by atoms with van der Waals surface area (Å²) in [7, 11) is 3.01. The summed E-state index contributed by atoms with van der Waals surface area (Å²) in [6, 6.07) is -1.15. The van der Waals surface area contributed by atoms with Crippen LogP contribution in [0.15, 0.2) is 47.6 Å². The first-order chi connectivity index (χ1) is 34.9. The summed E-state index contributed by atoms with van der Waals surface area (Å²) >= 11 is 0. The van der Waals surface area contributed by atoms with E-state index in [0.29, 0.717) is 76.8 Å². The lowest BCUT2D eigenvalue weighted by Crippen LogP contribution is -2.65. The zero-order valence-corrected chi connectivity index (χ0v) is 44.5. The fourth-order valence-electron chi connectivity index (χ4n) is 12.1. The van der Waals surface area contributed by atoms with E-state index in [0.717, 1.165) is 12.0 Å². The average Bonchev–Trinajstić information content (AvgIpc) is 3.38. The molecule has 17 nitrogen and oxygen atoms in total.